The third-order valence-electron chi connectivity index (χ3n) is 2.73. The van der Waals surface area contributed by atoms with Gasteiger partial charge in [-0.1, -0.05) is 0 Å². The molecule has 0 amide bonds. The fourth-order valence-electron chi connectivity index (χ4n) is 1.79. The standard InChI is InChI=1S/C9H15N3O/c1-13-8-4-7(5-8)6-12-3-2-11-9(12)10/h2-3,7-8H,4-6H2,1H3,(H2,10,11). The van der Waals surface area contributed by atoms with Crippen molar-refractivity contribution in [2.24, 2.45) is 5.92 Å². The number of nitrogen functional groups attached to an aromatic ring is 1. The van der Waals surface area contributed by atoms with E-state index in [1.165, 1.54) is 0 Å². The Hall–Kier alpha value is -1.03. The summed E-state index contributed by atoms with van der Waals surface area (Å²) in [4.78, 5) is 3.98. The van der Waals surface area contributed by atoms with Crippen LogP contribution in [-0.4, -0.2) is 22.8 Å². The summed E-state index contributed by atoms with van der Waals surface area (Å²) in [5.41, 5.74) is 5.66. The molecule has 4 nitrogen and oxygen atoms in total. The van der Waals surface area contributed by atoms with Crippen molar-refractivity contribution < 1.29 is 4.74 Å². The van der Waals surface area contributed by atoms with Gasteiger partial charge >= 0.3 is 0 Å². The number of anilines is 1. The van der Waals surface area contributed by atoms with Gasteiger partial charge < -0.3 is 15.0 Å². The summed E-state index contributed by atoms with van der Waals surface area (Å²) in [6.45, 7) is 0.978. The minimum absolute atomic E-state index is 0.467. The van der Waals surface area contributed by atoms with E-state index in [9.17, 15) is 0 Å². The molecule has 1 fully saturated rings. The van der Waals surface area contributed by atoms with E-state index < -0.39 is 0 Å². The second kappa shape index (κ2) is 3.38. The minimum atomic E-state index is 0.467. The van der Waals surface area contributed by atoms with Crippen molar-refractivity contribution in [2.45, 2.75) is 25.5 Å². The lowest BCUT2D eigenvalue weighted by atomic mass is 9.82. The molecule has 0 saturated heterocycles. The van der Waals surface area contributed by atoms with E-state index in [1.54, 1.807) is 13.3 Å². The van der Waals surface area contributed by atoms with Gasteiger partial charge in [-0.3, -0.25) is 0 Å². The molecule has 1 aromatic heterocycles. The molecular formula is C9H15N3O. The molecule has 1 aromatic rings. The Morgan fingerprint density at radius 2 is 2.46 bits per heavy atom. The van der Waals surface area contributed by atoms with E-state index in [0.29, 0.717) is 18.0 Å². The van der Waals surface area contributed by atoms with Crippen LogP contribution in [0.2, 0.25) is 0 Å². The molecule has 0 aliphatic heterocycles. The molecule has 0 bridgehead atoms. The Kier molecular flexibility index (Phi) is 2.22. The van der Waals surface area contributed by atoms with Crippen LogP contribution in [0.5, 0.6) is 0 Å². The first-order valence-corrected chi connectivity index (χ1v) is 4.59. The van der Waals surface area contributed by atoms with Crippen molar-refractivity contribution >= 4 is 5.95 Å². The van der Waals surface area contributed by atoms with E-state index in [2.05, 4.69) is 4.98 Å². The molecule has 2 rings (SSSR count). The van der Waals surface area contributed by atoms with Crippen molar-refractivity contribution in [1.29, 1.82) is 0 Å². The predicted octanol–water partition coefficient (Wildman–Crippen LogP) is 0.890. The molecule has 2 N–H and O–H groups in total. The van der Waals surface area contributed by atoms with Crippen molar-refractivity contribution in [3.63, 3.8) is 0 Å². The Labute approximate surface area is 77.7 Å². The van der Waals surface area contributed by atoms with Gasteiger partial charge in [0, 0.05) is 26.0 Å². The van der Waals surface area contributed by atoms with Crippen molar-refractivity contribution in [2.75, 3.05) is 12.8 Å². The van der Waals surface area contributed by atoms with Gasteiger partial charge in [0.1, 0.15) is 0 Å². The topological polar surface area (TPSA) is 53.1 Å². The SMILES string of the molecule is COC1CC(Cn2ccnc2N)C1. The van der Waals surface area contributed by atoms with Crippen LogP contribution in [-0.2, 0) is 11.3 Å². The number of nitrogens with two attached hydrogens (primary N) is 1. The maximum atomic E-state index is 5.66. The maximum absolute atomic E-state index is 5.66. The van der Waals surface area contributed by atoms with E-state index in [4.69, 9.17) is 10.5 Å². The lowest BCUT2D eigenvalue weighted by Crippen LogP contribution is -2.33. The van der Waals surface area contributed by atoms with Gasteiger partial charge in [0.2, 0.25) is 0 Å². The minimum Gasteiger partial charge on any atom is -0.381 e. The number of nitrogens with zero attached hydrogens (tertiary/aromatic N) is 2. The molecule has 4 heteroatoms. The van der Waals surface area contributed by atoms with Crippen LogP contribution in [0.4, 0.5) is 5.95 Å². The van der Waals surface area contributed by atoms with Crippen molar-refractivity contribution in [1.82, 2.24) is 9.55 Å². The van der Waals surface area contributed by atoms with Gasteiger partial charge in [-0.2, -0.15) is 0 Å². The Balaban J connectivity index is 1.84. The fourth-order valence-corrected chi connectivity index (χ4v) is 1.79. The van der Waals surface area contributed by atoms with Gasteiger partial charge in [-0.25, -0.2) is 4.98 Å². The molecule has 0 spiro atoms. The Bertz CT molecular complexity index is 278. The third kappa shape index (κ3) is 1.67. The van der Waals surface area contributed by atoms with E-state index in [0.717, 1.165) is 19.4 Å². The zero-order valence-corrected chi connectivity index (χ0v) is 7.81. The molecule has 13 heavy (non-hydrogen) atoms. The first kappa shape index (κ1) is 8.56. The second-order valence-corrected chi connectivity index (χ2v) is 3.63. The highest BCUT2D eigenvalue weighted by atomic mass is 16.5. The summed E-state index contributed by atoms with van der Waals surface area (Å²) in [5.74, 6) is 1.32. The number of rotatable bonds is 3. The zero-order chi connectivity index (χ0) is 9.26. The average molecular weight is 181 g/mol. The number of aromatic nitrogens is 2. The van der Waals surface area contributed by atoms with Crippen LogP contribution in [0, 0.1) is 5.92 Å². The van der Waals surface area contributed by atoms with Gasteiger partial charge in [0.05, 0.1) is 6.10 Å². The molecule has 1 aliphatic rings. The highest BCUT2D eigenvalue weighted by molar-refractivity contribution is 5.16. The van der Waals surface area contributed by atoms with Gasteiger partial charge in [0.15, 0.2) is 5.95 Å². The monoisotopic (exact) mass is 181 g/mol. The van der Waals surface area contributed by atoms with Crippen LogP contribution >= 0.6 is 0 Å². The fraction of sp³-hybridized carbons (Fsp3) is 0.667. The number of imidazole rings is 1. The Morgan fingerprint density at radius 3 is 3.00 bits per heavy atom. The van der Waals surface area contributed by atoms with Crippen LogP contribution in [0.3, 0.4) is 0 Å². The number of ether oxygens (including phenoxy) is 1. The largest absolute Gasteiger partial charge is 0.381 e. The smallest absolute Gasteiger partial charge is 0.200 e. The predicted molar refractivity (Wildman–Crippen MR) is 50.2 cm³/mol. The van der Waals surface area contributed by atoms with E-state index in [1.807, 2.05) is 10.8 Å². The average Bonchev–Trinajstić information content (AvgIpc) is 2.43. The van der Waals surface area contributed by atoms with Gasteiger partial charge in [0.25, 0.3) is 0 Å². The first-order valence-electron chi connectivity index (χ1n) is 4.59. The van der Waals surface area contributed by atoms with Crippen molar-refractivity contribution in [3.8, 4) is 0 Å². The summed E-state index contributed by atoms with van der Waals surface area (Å²) >= 11 is 0. The lowest BCUT2D eigenvalue weighted by Gasteiger charge is -2.34. The molecule has 0 unspecified atom stereocenters. The summed E-state index contributed by atoms with van der Waals surface area (Å²) in [5, 5.41) is 0. The van der Waals surface area contributed by atoms with Crippen LogP contribution in [0.25, 0.3) is 0 Å². The van der Waals surface area contributed by atoms with Gasteiger partial charge in [-0.05, 0) is 18.8 Å². The summed E-state index contributed by atoms with van der Waals surface area (Å²) in [7, 11) is 1.77. The van der Waals surface area contributed by atoms with Crippen LogP contribution in [0.1, 0.15) is 12.8 Å². The van der Waals surface area contributed by atoms with Gasteiger partial charge in [-0.15, -0.1) is 0 Å². The van der Waals surface area contributed by atoms with Crippen LogP contribution < -0.4 is 5.73 Å². The normalized spacial score (nSPS) is 27.2. The molecule has 1 saturated carbocycles. The van der Waals surface area contributed by atoms with Crippen LogP contribution in [0.15, 0.2) is 12.4 Å². The molecule has 0 atom stereocenters. The highest BCUT2D eigenvalue weighted by Gasteiger charge is 2.29. The van der Waals surface area contributed by atoms with Crippen molar-refractivity contribution in [3.05, 3.63) is 12.4 Å². The second-order valence-electron chi connectivity index (χ2n) is 3.63. The Morgan fingerprint density at radius 1 is 1.69 bits per heavy atom. The number of methoxy groups -OCH3 is 1. The first-order chi connectivity index (χ1) is 6.29. The lowest BCUT2D eigenvalue weighted by molar-refractivity contribution is -0.00418. The molecule has 1 aliphatic carbocycles. The zero-order valence-electron chi connectivity index (χ0n) is 7.81. The highest BCUT2D eigenvalue weighted by Crippen LogP contribution is 2.31. The molecule has 0 aromatic carbocycles. The summed E-state index contributed by atoms with van der Waals surface area (Å²) in [6.07, 6.45) is 6.43. The molecule has 0 radical (unpaired) electrons. The molecule has 72 valence electrons. The summed E-state index contributed by atoms with van der Waals surface area (Å²) < 4.78 is 7.21. The quantitative estimate of drug-likeness (QED) is 0.753. The van der Waals surface area contributed by atoms with E-state index in [-0.39, 0.29) is 0 Å². The maximum Gasteiger partial charge on any atom is 0.200 e. The number of hydrogen-bond acceptors (Lipinski definition) is 3. The third-order valence-corrected chi connectivity index (χ3v) is 2.73. The van der Waals surface area contributed by atoms with E-state index >= 15 is 0 Å². The molecule has 1 heterocycles. The molecular weight excluding hydrogens is 166 g/mol. The number of hydrogen-bond donors (Lipinski definition) is 1. The summed E-state index contributed by atoms with van der Waals surface area (Å²) in [6, 6.07) is 0.